The summed E-state index contributed by atoms with van der Waals surface area (Å²) < 4.78 is 0. The maximum absolute atomic E-state index is 13.5. The van der Waals surface area contributed by atoms with Crippen LogP contribution in [-0.2, 0) is 11.2 Å². The normalized spacial score (nSPS) is 15.2. The number of aromatic nitrogens is 4. The number of likely N-dealkylation sites (tertiary alicyclic amines) is 1. The molecule has 0 radical (unpaired) electrons. The summed E-state index contributed by atoms with van der Waals surface area (Å²) in [5, 5.41) is 9.36. The lowest BCUT2D eigenvalue weighted by atomic mass is 9.88. The van der Waals surface area contributed by atoms with Gasteiger partial charge in [-0.1, -0.05) is 30.3 Å². The summed E-state index contributed by atoms with van der Waals surface area (Å²) in [7, 11) is 0. The van der Waals surface area contributed by atoms with Gasteiger partial charge in [-0.25, -0.2) is 0 Å². The van der Waals surface area contributed by atoms with Crippen LogP contribution in [0.2, 0.25) is 0 Å². The molecule has 3 aromatic heterocycles. The molecule has 1 atom stereocenters. The molecule has 192 valence electrons. The Labute approximate surface area is 220 Å². The molecule has 1 aliphatic rings. The lowest BCUT2D eigenvalue weighted by Gasteiger charge is -2.33. The number of fused-ring (bicyclic) bond motifs is 2. The molecule has 2 aromatic carbocycles. The molecule has 0 bridgehead atoms. The van der Waals surface area contributed by atoms with E-state index in [1.165, 1.54) is 5.56 Å². The van der Waals surface area contributed by atoms with E-state index in [9.17, 15) is 9.59 Å². The number of piperidine rings is 1. The Bertz CT molecular complexity index is 1650. The Morgan fingerprint density at radius 1 is 1.05 bits per heavy atom. The fourth-order valence-electron chi connectivity index (χ4n) is 5.86. The summed E-state index contributed by atoms with van der Waals surface area (Å²) in [4.78, 5) is 35.9. The maximum Gasteiger partial charge on any atom is 0.251 e. The second-order valence-electron chi connectivity index (χ2n) is 10.4. The van der Waals surface area contributed by atoms with Crippen LogP contribution in [0.4, 0.5) is 0 Å². The van der Waals surface area contributed by atoms with E-state index >= 15 is 0 Å². The summed E-state index contributed by atoms with van der Waals surface area (Å²) >= 11 is 0. The van der Waals surface area contributed by atoms with Crippen molar-refractivity contribution in [2.45, 2.75) is 44.4 Å². The van der Waals surface area contributed by atoms with Gasteiger partial charge < -0.3 is 9.88 Å². The first kappa shape index (κ1) is 24.1. The standard InChI is InChI=1S/C31H31N5O2/c1-20-14-21(16-25-19-33-35-30(20)25)15-24(27-7-4-5-11-32-27)18-29(37)36-12-9-22(10-13-36)26-17-23-6-2-3-8-28(23)34-31(26)38/h2-8,11,14,16-17,19,22,24H,9-10,12-13,15,18H2,1H3,(H,33,35)(H,34,38). The van der Waals surface area contributed by atoms with Crippen LogP contribution in [0.15, 0.2) is 77.9 Å². The number of aryl methyl sites for hydroxylation is 1. The third-order valence-corrected chi connectivity index (χ3v) is 7.88. The summed E-state index contributed by atoms with van der Waals surface area (Å²) in [5.74, 6) is 0.282. The molecule has 1 saturated heterocycles. The Morgan fingerprint density at radius 2 is 1.87 bits per heavy atom. The molecular weight excluding hydrogens is 474 g/mol. The highest BCUT2D eigenvalue weighted by Crippen LogP contribution is 2.30. The zero-order valence-corrected chi connectivity index (χ0v) is 21.5. The van der Waals surface area contributed by atoms with E-state index in [2.05, 4.69) is 39.2 Å². The smallest absolute Gasteiger partial charge is 0.251 e. The van der Waals surface area contributed by atoms with E-state index in [1.54, 1.807) is 6.20 Å². The molecule has 5 aromatic rings. The molecule has 7 nitrogen and oxygen atoms in total. The van der Waals surface area contributed by atoms with Crippen molar-refractivity contribution in [3.63, 3.8) is 0 Å². The van der Waals surface area contributed by atoms with Crippen LogP contribution in [0.3, 0.4) is 0 Å². The number of H-pyrrole nitrogens is 2. The fourth-order valence-corrected chi connectivity index (χ4v) is 5.86. The van der Waals surface area contributed by atoms with E-state index in [-0.39, 0.29) is 23.3 Å². The maximum atomic E-state index is 13.5. The van der Waals surface area contributed by atoms with Gasteiger partial charge in [0.1, 0.15) is 0 Å². The fraction of sp³-hybridized carbons (Fsp3) is 0.290. The van der Waals surface area contributed by atoms with Gasteiger partial charge in [0, 0.05) is 53.8 Å². The van der Waals surface area contributed by atoms with Gasteiger partial charge in [-0.3, -0.25) is 19.7 Å². The Kier molecular flexibility index (Phi) is 6.50. The number of aromatic amines is 2. The number of benzene rings is 2. The molecule has 0 aliphatic carbocycles. The molecule has 6 rings (SSSR count). The molecule has 1 amide bonds. The first-order chi connectivity index (χ1) is 18.5. The summed E-state index contributed by atoms with van der Waals surface area (Å²) in [5.41, 5.74) is 5.97. The van der Waals surface area contributed by atoms with Crippen molar-refractivity contribution >= 4 is 27.7 Å². The topological polar surface area (TPSA) is 94.7 Å². The predicted octanol–water partition coefficient (Wildman–Crippen LogP) is 5.23. The molecule has 1 unspecified atom stereocenters. The van der Waals surface area contributed by atoms with Gasteiger partial charge in [0.15, 0.2) is 0 Å². The van der Waals surface area contributed by atoms with Crippen LogP contribution >= 0.6 is 0 Å². The zero-order valence-electron chi connectivity index (χ0n) is 21.5. The summed E-state index contributed by atoms with van der Waals surface area (Å²) in [6, 6.07) is 20.1. The number of amides is 1. The van der Waals surface area contributed by atoms with Crippen molar-refractivity contribution in [1.82, 2.24) is 25.1 Å². The highest BCUT2D eigenvalue weighted by molar-refractivity contribution is 5.82. The monoisotopic (exact) mass is 505 g/mol. The average Bonchev–Trinajstić information content (AvgIpc) is 3.42. The Balaban J connectivity index is 1.16. The van der Waals surface area contributed by atoms with Gasteiger partial charge in [0.25, 0.3) is 5.56 Å². The second kappa shape index (κ2) is 10.2. The lowest BCUT2D eigenvalue weighted by Crippen LogP contribution is -2.39. The number of carbonyl (C=O) groups excluding carboxylic acids is 1. The van der Waals surface area contributed by atoms with Crippen LogP contribution in [0, 0.1) is 6.92 Å². The first-order valence-electron chi connectivity index (χ1n) is 13.3. The Morgan fingerprint density at radius 3 is 2.68 bits per heavy atom. The van der Waals surface area contributed by atoms with Crippen LogP contribution < -0.4 is 5.56 Å². The van der Waals surface area contributed by atoms with Gasteiger partial charge in [-0.05, 0) is 78.9 Å². The number of hydrogen-bond acceptors (Lipinski definition) is 4. The molecule has 38 heavy (non-hydrogen) atoms. The van der Waals surface area contributed by atoms with Crippen molar-refractivity contribution in [2.75, 3.05) is 13.1 Å². The van der Waals surface area contributed by atoms with E-state index in [1.807, 2.05) is 59.6 Å². The van der Waals surface area contributed by atoms with Gasteiger partial charge in [-0.15, -0.1) is 0 Å². The molecule has 1 fully saturated rings. The largest absolute Gasteiger partial charge is 0.343 e. The molecule has 0 saturated carbocycles. The van der Waals surface area contributed by atoms with Crippen molar-refractivity contribution < 1.29 is 4.79 Å². The summed E-state index contributed by atoms with van der Waals surface area (Å²) in [6.07, 6.45) is 6.35. The van der Waals surface area contributed by atoms with Gasteiger partial charge in [-0.2, -0.15) is 5.10 Å². The van der Waals surface area contributed by atoms with Crippen molar-refractivity contribution in [3.05, 3.63) is 106 Å². The van der Waals surface area contributed by atoms with Crippen LogP contribution in [0.5, 0.6) is 0 Å². The number of nitrogens with one attached hydrogen (secondary N) is 2. The van der Waals surface area contributed by atoms with Crippen molar-refractivity contribution in [3.8, 4) is 0 Å². The highest BCUT2D eigenvalue weighted by atomic mass is 16.2. The lowest BCUT2D eigenvalue weighted by molar-refractivity contribution is -0.132. The number of rotatable bonds is 6. The van der Waals surface area contributed by atoms with Crippen LogP contribution in [-0.4, -0.2) is 44.1 Å². The molecular formula is C31H31N5O2. The minimum Gasteiger partial charge on any atom is -0.343 e. The number of hydrogen-bond donors (Lipinski definition) is 2. The SMILES string of the molecule is Cc1cc(CC(CC(=O)N2CCC(c3cc4ccccc4[nH]c3=O)CC2)c2ccccn2)cc2cn[nH]c12. The van der Waals surface area contributed by atoms with Gasteiger partial charge in [0.05, 0.1) is 11.7 Å². The van der Waals surface area contributed by atoms with E-state index in [4.69, 9.17) is 0 Å². The zero-order chi connectivity index (χ0) is 26.1. The van der Waals surface area contributed by atoms with E-state index < -0.39 is 0 Å². The highest BCUT2D eigenvalue weighted by Gasteiger charge is 2.28. The van der Waals surface area contributed by atoms with Crippen LogP contribution in [0.1, 0.15) is 53.5 Å². The van der Waals surface area contributed by atoms with Crippen LogP contribution in [0.25, 0.3) is 21.8 Å². The summed E-state index contributed by atoms with van der Waals surface area (Å²) in [6.45, 7) is 3.39. The van der Waals surface area contributed by atoms with Gasteiger partial charge in [0.2, 0.25) is 5.91 Å². The Hall–Kier alpha value is -4.26. The predicted molar refractivity (Wildman–Crippen MR) is 149 cm³/mol. The molecule has 7 heteroatoms. The minimum atomic E-state index is -0.0199. The average molecular weight is 506 g/mol. The first-order valence-corrected chi connectivity index (χ1v) is 13.3. The van der Waals surface area contributed by atoms with Crippen molar-refractivity contribution in [2.24, 2.45) is 0 Å². The minimum absolute atomic E-state index is 0.0198. The molecule has 4 heterocycles. The number of pyridine rings is 2. The molecule has 2 N–H and O–H groups in total. The second-order valence-corrected chi connectivity index (χ2v) is 10.4. The third-order valence-electron chi connectivity index (χ3n) is 7.88. The number of para-hydroxylation sites is 1. The molecule has 1 aliphatic heterocycles. The quantitative estimate of drug-likeness (QED) is 0.330. The van der Waals surface area contributed by atoms with E-state index in [0.717, 1.165) is 57.9 Å². The molecule has 0 spiro atoms. The third kappa shape index (κ3) is 4.84. The van der Waals surface area contributed by atoms with Gasteiger partial charge >= 0.3 is 0 Å². The number of nitrogens with zero attached hydrogens (tertiary/aromatic N) is 3. The van der Waals surface area contributed by atoms with E-state index in [0.29, 0.717) is 19.5 Å². The number of carbonyl (C=O) groups is 1. The van der Waals surface area contributed by atoms with Crippen molar-refractivity contribution in [1.29, 1.82) is 0 Å².